The zero-order valence-electron chi connectivity index (χ0n) is 18.7. The van der Waals surface area contributed by atoms with Gasteiger partial charge in [-0.1, -0.05) is 19.9 Å². The third-order valence-corrected chi connectivity index (χ3v) is 10.9. The van der Waals surface area contributed by atoms with Gasteiger partial charge < -0.3 is 10.2 Å². The number of carbonyl (C=O) groups excluding carboxylic acids is 2. The van der Waals surface area contributed by atoms with E-state index in [-0.39, 0.29) is 5.91 Å². The number of likely N-dealkylation sites (tertiary alicyclic amines) is 1. The number of nitrogens with one attached hydrogen (secondary N) is 1. The highest BCUT2D eigenvalue weighted by atomic mass is 32.1. The molecule has 2 unspecified atom stereocenters. The Bertz CT molecular complexity index is 823. The van der Waals surface area contributed by atoms with Crippen LogP contribution >= 0.6 is 11.3 Å². The summed E-state index contributed by atoms with van der Waals surface area (Å²) in [7, 11) is 2.04. The van der Waals surface area contributed by atoms with Crippen molar-refractivity contribution in [3.05, 3.63) is 22.4 Å². The van der Waals surface area contributed by atoms with E-state index in [0.717, 1.165) is 42.0 Å². The number of amides is 2. The minimum Gasteiger partial charge on any atom is -0.351 e. The van der Waals surface area contributed by atoms with Crippen molar-refractivity contribution in [1.29, 1.82) is 0 Å². The molecule has 30 heavy (non-hydrogen) atoms. The molecule has 2 amide bonds. The molecule has 3 saturated carbocycles. The average molecular weight is 429 g/mol. The fraction of sp³-hybridized carbons (Fsp3) is 0.760. The largest absolute Gasteiger partial charge is 0.351 e. The molecule has 2 heterocycles. The number of thiophene rings is 1. The van der Waals surface area contributed by atoms with Gasteiger partial charge in [0, 0.05) is 26.1 Å². The topological polar surface area (TPSA) is 49.4 Å². The minimum atomic E-state index is 0.0914. The maximum Gasteiger partial charge on any atom is 0.261 e. The van der Waals surface area contributed by atoms with Gasteiger partial charge >= 0.3 is 0 Å². The molecule has 3 aliphatic carbocycles. The number of rotatable bonds is 3. The van der Waals surface area contributed by atoms with Crippen molar-refractivity contribution in [3.8, 4) is 0 Å². The Kier molecular flexibility index (Phi) is 5.04. The van der Waals surface area contributed by atoms with Gasteiger partial charge in [-0.2, -0.15) is 0 Å². The van der Waals surface area contributed by atoms with E-state index in [4.69, 9.17) is 0 Å². The molecule has 5 rings (SSSR count). The first kappa shape index (κ1) is 20.5. The first-order valence-corrected chi connectivity index (χ1v) is 12.8. The maximum absolute atomic E-state index is 12.5. The van der Waals surface area contributed by atoms with Gasteiger partial charge in [0.15, 0.2) is 0 Å². The molecule has 1 aliphatic heterocycles. The summed E-state index contributed by atoms with van der Waals surface area (Å²) in [5.41, 5.74) is 0.641. The summed E-state index contributed by atoms with van der Waals surface area (Å²) in [6.07, 6.45) is 9.38. The summed E-state index contributed by atoms with van der Waals surface area (Å²) in [5.74, 6) is 3.36. The molecule has 0 aromatic carbocycles. The van der Waals surface area contributed by atoms with Gasteiger partial charge in [-0.05, 0) is 90.9 Å². The lowest BCUT2D eigenvalue weighted by atomic mass is 9.47. The molecule has 4 nitrogen and oxygen atoms in total. The molecule has 4 aliphatic rings. The quantitative estimate of drug-likeness (QED) is 0.740. The first-order chi connectivity index (χ1) is 14.3. The van der Waals surface area contributed by atoms with Crippen LogP contribution in [0.1, 0.15) is 74.9 Å². The summed E-state index contributed by atoms with van der Waals surface area (Å²) in [6, 6.07) is 4.29. The Balaban J connectivity index is 1.30. The van der Waals surface area contributed by atoms with E-state index in [0.29, 0.717) is 28.7 Å². The number of hydrogen-bond acceptors (Lipinski definition) is 3. The molecule has 7 atom stereocenters. The maximum atomic E-state index is 12.5. The van der Waals surface area contributed by atoms with E-state index < -0.39 is 0 Å². The Labute approximate surface area is 184 Å². The van der Waals surface area contributed by atoms with Crippen molar-refractivity contribution < 1.29 is 9.59 Å². The normalized spacial score (nSPS) is 43.0. The van der Waals surface area contributed by atoms with Crippen LogP contribution in [0.5, 0.6) is 0 Å². The highest BCUT2D eigenvalue weighted by Crippen LogP contribution is 2.66. The molecule has 1 aromatic heterocycles. The van der Waals surface area contributed by atoms with Crippen LogP contribution in [0, 0.1) is 34.5 Å². The highest BCUT2D eigenvalue weighted by molar-refractivity contribution is 7.12. The van der Waals surface area contributed by atoms with Crippen LogP contribution in [-0.2, 0) is 4.79 Å². The molecule has 0 spiro atoms. The van der Waals surface area contributed by atoms with Crippen LogP contribution in [-0.4, -0.2) is 36.3 Å². The zero-order valence-corrected chi connectivity index (χ0v) is 19.5. The van der Waals surface area contributed by atoms with Crippen LogP contribution in [0.25, 0.3) is 0 Å². The molecular formula is C25H36N2O2S. The SMILES string of the molecule is CN1C(=O)CC[C@@]2(C)C1CC[C@@H]1[C@H]2CC[C@]2(C)C(CNC(=O)c3cccs3)CC[C@@H]12. The number of fused-ring (bicyclic) bond motifs is 5. The monoisotopic (exact) mass is 428 g/mol. The van der Waals surface area contributed by atoms with Gasteiger partial charge in [0.1, 0.15) is 0 Å². The number of piperidine rings is 1. The Hall–Kier alpha value is -1.36. The molecule has 1 aromatic rings. The average Bonchev–Trinajstić information content (AvgIpc) is 3.37. The molecule has 0 radical (unpaired) electrons. The standard InChI is InChI=1S/C25H36N2O2S/c1-24-12-10-19-17(7-9-21-25(19,2)13-11-22(28)27(21)3)18(24)8-6-16(24)15-26-23(29)20-5-4-14-30-20/h4-5,14,16-19,21H,6-13,15H2,1-3H3,(H,26,29)/t16?,17-,18-,19+,21?,24+,25+/m0/s1. The highest BCUT2D eigenvalue weighted by Gasteiger charge is 2.60. The molecule has 4 fully saturated rings. The third kappa shape index (κ3) is 2.98. The van der Waals surface area contributed by atoms with Gasteiger partial charge in [0.2, 0.25) is 5.91 Å². The number of hydrogen-bond donors (Lipinski definition) is 1. The molecule has 0 bridgehead atoms. The van der Waals surface area contributed by atoms with E-state index in [9.17, 15) is 9.59 Å². The van der Waals surface area contributed by atoms with E-state index >= 15 is 0 Å². The van der Waals surface area contributed by atoms with Crippen LogP contribution < -0.4 is 5.32 Å². The van der Waals surface area contributed by atoms with Crippen molar-refractivity contribution >= 4 is 23.2 Å². The second-order valence-corrected chi connectivity index (χ2v) is 11.9. The predicted octanol–water partition coefficient (Wildman–Crippen LogP) is 4.96. The lowest BCUT2D eigenvalue weighted by Gasteiger charge is -2.61. The summed E-state index contributed by atoms with van der Waals surface area (Å²) in [6.45, 7) is 5.83. The van der Waals surface area contributed by atoms with Crippen molar-refractivity contribution in [3.63, 3.8) is 0 Å². The lowest BCUT2D eigenvalue weighted by molar-refractivity contribution is -0.158. The van der Waals surface area contributed by atoms with E-state index in [2.05, 4.69) is 24.1 Å². The van der Waals surface area contributed by atoms with Gasteiger partial charge in [-0.3, -0.25) is 9.59 Å². The smallest absolute Gasteiger partial charge is 0.261 e. The van der Waals surface area contributed by atoms with Gasteiger partial charge in [-0.15, -0.1) is 11.3 Å². The fourth-order valence-corrected chi connectivity index (χ4v) is 8.95. The summed E-state index contributed by atoms with van der Waals surface area (Å²) in [5, 5.41) is 5.22. The van der Waals surface area contributed by atoms with Gasteiger partial charge in [0.05, 0.1) is 4.88 Å². The third-order valence-electron chi connectivity index (χ3n) is 10.0. The molecule has 1 saturated heterocycles. The van der Waals surface area contributed by atoms with E-state index in [1.54, 1.807) is 0 Å². The van der Waals surface area contributed by atoms with Crippen LogP contribution in [0.4, 0.5) is 0 Å². The van der Waals surface area contributed by atoms with Crippen LogP contribution in [0.2, 0.25) is 0 Å². The molecule has 5 heteroatoms. The summed E-state index contributed by atoms with van der Waals surface area (Å²) in [4.78, 5) is 27.7. The Morgan fingerprint density at radius 3 is 2.70 bits per heavy atom. The van der Waals surface area contributed by atoms with Crippen LogP contribution in [0.15, 0.2) is 17.5 Å². The predicted molar refractivity (Wildman–Crippen MR) is 120 cm³/mol. The summed E-state index contributed by atoms with van der Waals surface area (Å²) >= 11 is 1.52. The molecule has 1 N–H and O–H groups in total. The molecular weight excluding hydrogens is 392 g/mol. The number of carbonyl (C=O) groups is 2. The van der Waals surface area contributed by atoms with Crippen molar-refractivity contribution in [2.24, 2.45) is 34.5 Å². The van der Waals surface area contributed by atoms with Gasteiger partial charge in [-0.25, -0.2) is 0 Å². The molecule has 164 valence electrons. The lowest BCUT2D eigenvalue weighted by Crippen LogP contribution is -2.61. The second kappa shape index (κ2) is 7.36. The Morgan fingerprint density at radius 1 is 1.13 bits per heavy atom. The Morgan fingerprint density at radius 2 is 1.93 bits per heavy atom. The van der Waals surface area contributed by atoms with E-state index in [1.165, 1.54) is 49.9 Å². The fourth-order valence-electron chi connectivity index (χ4n) is 8.31. The first-order valence-electron chi connectivity index (χ1n) is 11.9. The van der Waals surface area contributed by atoms with Crippen LogP contribution in [0.3, 0.4) is 0 Å². The summed E-state index contributed by atoms with van der Waals surface area (Å²) < 4.78 is 0. The van der Waals surface area contributed by atoms with Crippen molar-refractivity contribution in [1.82, 2.24) is 10.2 Å². The zero-order chi connectivity index (χ0) is 21.1. The van der Waals surface area contributed by atoms with Crippen molar-refractivity contribution in [2.75, 3.05) is 13.6 Å². The minimum absolute atomic E-state index is 0.0914. The van der Waals surface area contributed by atoms with Gasteiger partial charge in [0.25, 0.3) is 5.91 Å². The second-order valence-electron chi connectivity index (χ2n) is 11.0. The number of nitrogens with zero attached hydrogens (tertiary/aromatic N) is 1. The van der Waals surface area contributed by atoms with Crippen molar-refractivity contribution in [2.45, 2.75) is 71.3 Å². The van der Waals surface area contributed by atoms with E-state index in [1.807, 2.05) is 24.6 Å².